The fourth-order valence-corrected chi connectivity index (χ4v) is 1.58. The molecular weight excluding hydrogens is 144 g/mol. The Morgan fingerprint density at radius 2 is 1.40 bits per heavy atom. The molecule has 0 amide bonds. The van der Waals surface area contributed by atoms with Gasteiger partial charge in [-0.1, -0.05) is 34.6 Å². The molecular formula is C9H19Cl. The summed E-state index contributed by atoms with van der Waals surface area (Å²) in [5.41, 5.74) is 0.693. The van der Waals surface area contributed by atoms with Crippen LogP contribution in [-0.2, 0) is 0 Å². The van der Waals surface area contributed by atoms with Crippen molar-refractivity contribution in [2.75, 3.05) is 5.88 Å². The molecule has 0 aromatic heterocycles. The molecule has 0 saturated carbocycles. The Bertz CT molecular complexity index is 97.8. The number of rotatable bonds is 2. The summed E-state index contributed by atoms with van der Waals surface area (Å²) >= 11 is 5.80. The molecule has 0 heterocycles. The average Bonchev–Trinajstić information content (AvgIpc) is 1.60. The van der Waals surface area contributed by atoms with Gasteiger partial charge < -0.3 is 0 Å². The van der Waals surface area contributed by atoms with Gasteiger partial charge in [0.25, 0.3) is 0 Å². The van der Waals surface area contributed by atoms with Crippen LogP contribution in [0.1, 0.15) is 41.0 Å². The highest BCUT2D eigenvalue weighted by Gasteiger charge is 2.23. The molecule has 0 atom stereocenters. The smallest absolute Gasteiger partial charge is 0.0274 e. The zero-order chi connectivity index (χ0) is 8.41. The van der Waals surface area contributed by atoms with Crippen molar-refractivity contribution in [3.8, 4) is 0 Å². The van der Waals surface area contributed by atoms with Crippen molar-refractivity contribution in [1.82, 2.24) is 0 Å². The van der Waals surface area contributed by atoms with Crippen LogP contribution >= 0.6 is 11.6 Å². The van der Waals surface area contributed by atoms with E-state index in [2.05, 4.69) is 34.6 Å². The number of hydrogen-bond donors (Lipinski definition) is 0. The van der Waals surface area contributed by atoms with Crippen molar-refractivity contribution < 1.29 is 0 Å². The molecule has 0 aliphatic heterocycles. The Morgan fingerprint density at radius 1 is 1.00 bits per heavy atom. The molecule has 0 aliphatic carbocycles. The lowest BCUT2D eigenvalue weighted by molar-refractivity contribution is 0.237. The fourth-order valence-electron chi connectivity index (χ4n) is 1.48. The third-order valence-electron chi connectivity index (χ3n) is 1.37. The quantitative estimate of drug-likeness (QED) is 0.544. The Kier molecular flexibility index (Phi) is 3.22. The van der Waals surface area contributed by atoms with E-state index in [-0.39, 0.29) is 0 Å². The second-order valence-corrected chi connectivity index (χ2v) is 5.30. The zero-order valence-electron chi connectivity index (χ0n) is 7.79. The van der Waals surface area contributed by atoms with Gasteiger partial charge >= 0.3 is 0 Å². The summed E-state index contributed by atoms with van der Waals surface area (Å²) in [6.45, 7) is 11.2. The summed E-state index contributed by atoms with van der Waals surface area (Å²) in [5.74, 6) is 0.754. The van der Waals surface area contributed by atoms with E-state index in [0.29, 0.717) is 10.8 Å². The first-order valence-corrected chi connectivity index (χ1v) is 4.36. The minimum absolute atomic E-state index is 0.291. The van der Waals surface area contributed by atoms with Crippen LogP contribution in [0.15, 0.2) is 0 Å². The first-order chi connectivity index (χ1) is 4.27. The van der Waals surface area contributed by atoms with Crippen LogP contribution in [0.2, 0.25) is 0 Å². The van der Waals surface area contributed by atoms with Crippen molar-refractivity contribution in [2.24, 2.45) is 10.8 Å². The van der Waals surface area contributed by atoms with Crippen molar-refractivity contribution in [3.63, 3.8) is 0 Å². The van der Waals surface area contributed by atoms with Gasteiger partial charge in [0.05, 0.1) is 0 Å². The Labute approximate surface area is 70.0 Å². The lowest BCUT2D eigenvalue weighted by atomic mass is 9.77. The van der Waals surface area contributed by atoms with Gasteiger partial charge in [0.15, 0.2) is 0 Å². The first kappa shape index (κ1) is 10.3. The van der Waals surface area contributed by atoms with Gasteiger partial charge in [0.2, 0.25) is 0 Å². The summed E-state index contributed by atoms with van der Waals surface area (Å²) in [6, 6.07) is 0. The maximum atomic E-state index is 5.80. The summed E-state index contributed by atoms with van der Waals surface area (Å²) < 4.78 is 0. The van der Waals surface area contributed by atoms with E-state index < -0.39 is 0 Å². The predicted molar refractivity (Wildman–Crippen MR) is 48.6 cm³/mol. The molecule has 0 fully saturated rings. The van der Waals surface area contributed by atoms with E-state index >= 15 is 0 Å². The van der Waals surface area contributed by atoms with Gasteiger partial charge in [0.1, 0.15) is 0 Å². The standard InChI is InChI=1S/C9H19Cl/c1-8(2,3)6-9(4,5)7-10/h6-7H2,1-5H3. The van der Waals surface area contributed by atoms with Crippen LogP contribution in [0.5, 0.6) is 0 Å². The fraction of sp³-hybridized carbons (Fsp3) is 1.00. The molecule has 0 aromatic carbocycles. The second-order valence-electron chi connectivity index (χ2n) is 5.04. The Balaban J connectivity index is 3.89. The maximum Gasteiger partial charge on any atom is 0.0274 e. The van der Waals surface area contributed by atoms with Crippen LogP contribution in [-0.4, -0.2) is 5.88 Å². The van der Waals surface area contributed by atoms with E-state index in [0.717, 1.165) is 5.88 Å². The van der Waals surface area contributed by atoms with Crippen LogP contribution < -0.4 is 0 Å². The summed E-state index contributed by atoms with van der Waals surface area (Å²) in [4.78, 5) is 0. The molecule has 0 saturated heterocycles. The largest absolute Gasteiger partial charge is 0.126 e. The highest BCUT2D eigenvalue weighted by atomic mass is 35.5. The topological polar surface area (TPSA) is 0 Å². The molecule has 0 rings (SSSR count). The van der Waals surface area contributed by atoms with E-state index in [4.69, 9.17) is 11.6 Å². The molecule has 0 bridgehead atoms. The van der Waals surface area contributed by atoms with Crippen LogP contribution in [0.3, 0.4) is 0 Å². The second kappa shape index (κ2) is 3.13. The lowest BCUT2D eigenvalue weighted by Crippen LogP contribution is -2.21. The predicted octanol–water partition coefficient (Wildman–Crippen LogP) is 3.69. The minimum atomic E-state index is 0.291. The molecule has 0 nitrogen and oxygen atoms in total. The molecule has 1 heteroatoms. The van der Waals surface area contributed by atoms with E-state index in [1.165, 1.54) is 6.42 Å². The van der Waals surface area contributed by atoms with Gasteiger partial charge in [-0.05, 0) is 17.3 Å². The molecule has 0 unspecified atom stereocenters. The monoisotopic (exact) mass is 162 g/mol. The normalized spacial score (nSPS) is 13.8. The van der Waals surface area contributed by atoms with Crippen molar-refractivity contribution in [1.29, 1.82) is 0 Å². The van der Waals surface area contributed by atoms with Gasteiger partial charge in [-0.2, -0.15) is 0 Å². The van der Waals surface area contributed by atoms with Crippen LogP contribution in [0, 0.1) is 10.8 Å². The van der Waals surface area contributed by atoms with Crippen LogP contribution in [0.25, 0.3) is 0 Å². The summed E-state index contributed by atoms with van der Waals surface area (Å²) in [6.07, 6.45) is 1.18. The van der Waals surface area contributed by atoms with Crippen molar-refractivity contribution in [2.45, 2.75) is 41.0 Å². The van der Waals surface area contributed by atoms with E-state index in [1.54, 1.807) is 0 Å². The molecule has 0 aromatic rings. The Morgan fingerprint density at radius 3 is 1.50 bits per heavy atom. The molecule has 10 heavy (non-hydrogen) atoms. The molecule has 0 N–H and O–H groups in total. The maximum absolute atomic E-state index is 5.80. The number of alkyl halides is 1. The van der Waals surface area contributed by atoms with Gasteiger partial charge in [-0.3, -0.25) is 0 Å². The van der Waals surface area contributed by atoms with Gasteiger partial charge in [-0.25, -0.2) is 0 Å². The van der Waals surface area contributed by atoms with Gasteiger partial charge in [-0.15, -0.1) is 11.6 Å². The first-order valence-electron chi connectivity index (χ1n) is 3.83. The third kappa shape index (κ3) is 5.10. The van der Waals surface area contributed by atoms with Crippen molar-refractivity contribution in [3.05, 3.63) is 0 Å². The third-order valence-corrected chi connectivity index (χ3v) is 2.09. The van der Waals surface area contributed by atoms with Crippen molar-refractivity contribution >= 4 is 11.6 Å². The van der Waals surface area contributed by atoms with Gasteiger partial charge in [0, 0.05) is 5.88 Å². The number of hydrogen-bond acceptors (Lipinski definition) is 0. The van der Waals surface area contributed by atoms with E-state index in [9.17, 15) is 0 Å². The molecule has 0 radical (unpaired) electrons. The van der Waals surface area contributed by atoms with Crippen LogP contribution in [0.4, 0.5) is 0 Å². The zero-order valence-corrected chi connectivity index (χ0v) is 8.55. The Hall–Kier alpha value is 0.290. The average molecular weight is 163 g/mol. The highest BCUT2D eigenvalue weighted by molar-refractivity contribution is 6.18. The highest BCUT2D eigenvalue weighted by Crippen LogP contribution is 2.33. The molecule has 0 spiro atoms. The summed E-state index contributed by atoms with van der Waals surface area (Å²) in [5, 5.41) is 0. The lowest BCUT2D eigenvalue weighted by Gasteiger charge is -2.30. The minimum Gasteiger partial charge on any atom is -0.126 e. The molecule has 62 valence electrons. The summed E-state index contributed by atoms with van der Waals surface area (Å²) in [7, 11) is 0. The van der Waals surface area contributed by atoms with E-state index in [1.807, 2.05) is 0 Å². The SMILES string of the molecule is CC(C)(C)CC(C)(C)CCl. The number of halogens is 1. The molecule has 0 aliphatic rings.